The van der Waals surface area contributed by atoms with Gasteiger partial charge in [0.15, 0.2) is 5.54 Å². The normalized spacial score (nSPS) is 20.6. The number of amides is 1. The van der Waals surface area contributed by atoms with E-state index in [0.29, 0.717) is 0 Å². The van der Waals surface area contributed by atoms with Gasteiger partial charge in [-0.2, -0.15) is 0 Å². The molecule has 0 bridgehead atoms. The van der Waals surface area contributed by atoms with E-state index < -0.39 is 36.0 Å². The summed E-state index contributed by atoms with van der Waals surface area (Å²) in [6.07, 6.45) is -4.70. The van der Waals surface area contributed by atoms with Crippen molar-refractivity contribution in [2.75, 3.05) is 13.2 Å². The van der Waals surface area contributed by atoms with E-state index in [-0.39, 0.29) is 18.1 Å². The van der Waals surface area contributed by atoms with E-state index >= 15 is 0 Å². The van der Waals surface area contributed by atoms with Crippen LogP contribution in [0.4, 0.5) is 23.7 Å². The third-order valence-electron chi connectivity index (χ3n) is 3.08. The quantitative estimate of drug-likeness (QED) is 0.504. The third kappa shape index (κ3) is 3.35. The Bertz CT molecular complexity index is 705. The first-order chi connectivity index (χ1) is 10.9. The lowest BCUT2D eigenvalue weighted by atomic mass is 9.90. The Balaban J connectivity index is 2.59. The predicted molar refractivity (Wildman–Crippen MR) is 72.3 cm³/mol. The van der Waals surface area contributed by atoms with Crippen LogP contribution in [0.5, 0.6) is 0 Å². The molecule has 1 aromatic rings. The number of hydrogen-bond acceptors (Lipinski definition) is 4. The molecule has 1 amide bonds. The number of rotatable bonds is 3. The summed E-state index contributed by atoms with van der Waals surface area (Å²) in [5.74, 6) is -1.39. The summed E-state index contributed by atoms with van der Waals surface area (Å²) in [5.41, 5.74) is 5.31. The second-order valence-electron chi connectivity index (χ2n) is 4.56. The molecule has 2 rings (SSSR count). The molecule has 0 spiro atoms. The number of amidine groups is 1. The smallest absolute Gasteiger partial charge is 0.410 e. The molecule has 1 atom stereocenters. The van der Waals surface area contributed by atoms with Gasteiger partial charge in [0.25, 0.3) is 6.43 Å². The highest BCUT2D eigenvalue weighted by molar-refractivity contribution is 5.96. The van der Waals surface area contributed by atoms with Gasteiger partial charge in [0, 0.05) is 16.2 Å². The largest absolute Gasteiger partial charge is 0.465 e. The van der Waals surface area contributed by atoms with E-state index in [4.69, 9.17) is 15.4 Å². The average molecular weight is 329 g/mol. The summed E-state index contributed by atoms with van der Waals surface area (Å²) in [6, 6.07) is 2.90. The first-order valence-corrected chi connectivity index (χ1v) is 6.19. The molecule has 0 radical (unpaired) electrons. The Morgan fingerprint density at radius 1 is 1.57 bits per heavy atom. The van der Waals surface area contributed by atoms with E-state index in [1.807, 2.05) is 5.32 Å². The van der Waals surface area contributed by atoms with E-state index in [9.17, 15) is 18.0 Å². The molecule has 23 heavy (non-hydrogen) atoms. The number of nitrogens with zero attached hydrogens (tertiary/aromatic N) is 4. The molecule has 0 fully saturated rings. The number of hydrogen-bond donors (Lipinski definition) is 2. The number of aliphatic imine (C=N–C) groups is 1. The van der Waals surface area contributed by atoms with Crippen LogP contribution in [-0.2, 0) is 10.3 Å². The van der Waals surface area contributed by atoms with Crippen molar-refractivity contribution in [2.45, 2.75) is 12.0 Å². The maximum atomic E-state index is 14.1. The molecule has 0 aliphatic carbocycles. The molecule has 1 unspecified atom stereocenters. The molecule has 1 heterocycles. The van der Waals surface area contributed by atoms with E-state index in [2.05, 4.69) is 15.0 Å². The zero-order valence-electron chi connectivity index (χ0n) is 11.4. The fourth-order valence-electron chi connectivity index (χ4n) is 2.12. The number of alkyl halides is 2. The number of halogens is 3. The molecule has 2 N–H and O–H groups in total. The molecule has 1 aliphatic rings. The van der Waals surface area contributed by atoms with Gasteiger partial charge < -0.3 is 9.84 Å². The topological polar surface area (TPSA) is 120 Å². The Morgan fingerprint density at radius 2 is 2.30 bits per heavy atom. The van der Waals surface area contributed by atoms with Crippen LogP contribution in [0, 0.1) is 5.82 Å². The lowest BCUT2D eigenvalue weighted by Crippen LogP contribution is -2.47. The van der Waals surface area contributed by atoms with Gasteiger partial charge in [0.1, 0.15) is 18.3 Å². The highest BCUT2D eigenvalue weighted by Crippen LogP contribution is 2.38. The van der Waals surface area contributed by atoms with Gasteiger partial charge >= 0.3 is 6.09 Å². The molecule has 1 aliphatic heterocycles. The van der Waals surface area contributed by atoms with Crippen LogP contribution < -0.4 is 5.32 Å². The molecule has 8 nitrogen and oxygen atoms in total. The standard InChI is InChI=1S/C12H10F3N5O3/c13-8-2-1-6(19-20-16)3-7(8)12(10(14)15)5-23-4-9(18-12)17-11(21)22/h1-3,10H,4-5H2,(H,17,18)(H,21,22). The predicted octanol–water partition coefficient (Wildman–Crippen LogP) is 2.92. The second kappa shape index (κ2) is 6.55. The lowest BCUT2D eigenvalue weighted by molar-refractivity contribution is -0.0151. The number of carbonyl (C=O) groups is 1. The van der Waals surface area contributed by atoms with Crippen molar-refractivity contribution in [1.29, 1.82) is 0 Å². The first-order valence-electron chi connectivity index (χ1n) is 6.19. The Labute approximate surface area is 127 Å². The van der Waals surface area contributed by atoms with Gasteiger partial charge in [-0.05, 0) is 23.7 Å². The van der Waals surface area contributed by atoms with E-state index in [1.165, 1.54) is 0 Å². The SMILES string of the molecule is [N-]=[N+]=Nc1ccc(F)c(C2(C(F)F)COCC(NC(=O)O)=N2)c1. The minimum absolute atomic E-state index is 0.0857. The maximum Gasteiger partial charge on any atom is 0.410 e. The third-order valence-corrected chi connectivity index (χ3v) is 3.08. The van der Waals surface area contributed by atoms with Gasteiger partial charge in [0.05, 0.1) is 6.61 Å². The highest BCUT2D eigenvalue weighted by atomic mass is 19.3. The molecule has 1 aromatic carbocycles. The Hall–Kier alpha value is -2.78. The lowest BCUT2D eigenvalue weighted by Gasteiger charge is -2.33. The van der Waals surface area contributed by atoms with Crippen LogP contribution in [0.25, 0.3) is 10.4 Å². The zero-order chi connectivity index (χ0) is 17.0. The fourth-order valence-corrected chi connectivity index (χ4v) is 2.12. The number of ether oxygens (including phenoxy) is 1. The monoisotopic (exact) mass is 329 g/mol. The first kappa shape index (κ1) is 16.6. The summed E-state index contributed by atoms with van der Waals surface area (Å²) in [4.78, 5) is 16.8. The Morgan fingerprint density at radius 3 is 2.91 bits per heavy atom. The minimum Gasteiger partial charge on any atom is -0.465 e. The molecular formula is C12H10F3N5O3. The summed E-state index contributed by atoms with van der Waals surface area (Å²) in [7, 11) is 0. The van der Waals surface area contributed by atoms with Gasteiger partial charge in [-0.25, -0.2) is 23.0 Å². The van der Waals surface area contributed by atoms with Crippen molar-refractivity contribution >= 4 is 17.6 Å². The average Bonchev–Trinajstić information content (AvgIpc) is 2.48. The minimum atomic E-state index is -3.19. The van der Waals surface area contributed by atoms with Crippen LogP contribution in [0.1, 0.15) is 5.56 Å². The number of nitrogens with one attached hydrogen (secondary N) is 1. The molecular weight excluding hydrogens is 319 g/mol. The maximum absolute atomic E-state index is 14.1. The summed E-state index contributed by atoms with van der Waals surface area (Å²) in [6.45, 7) is -0.996. The molecule has 11 heteroatoms. The van der Waals surface area contributed by atoms with E-state index in [1.54, 1.807) is 0 Å². The summed E-state index contributed by atoms with van der Waals surface area (Å²) in [5, 5.41) is 13.7. The fraction of sp³-hybridized carbons (Fsp3) is 0.333. The van der Waals surface area contributed by atoms with Crippen LogP contribution in [-0.4, -0.2) is 36.7 Å². The molecule has 0 aromatic heterocycles. The van der Waals surface area contributed by atoms with Gasteiger partial charge in [-0.15, -0.1) is 0 Å². The van der Waals surface area contributed by atoms with Crippen molar-refractivity contribution in [3.63, 3.8) is 0 Å². The highest BCUT2D eigenvalue weighted by Gasteiger charge is 2.46. The number of carboxylic acid groups (broad SMARTS) is 1. The van der Waals surface area contributed by atoms with Crippen molar-refractivity contribution in [1.82, 2.24) is 5.32 Å². The van der Waals surface area contributed by atoms with Crippen molar-refractivity contribution < 1.29 is 27.8 Å². The number of azide groups is 1. The van der Waals surface area contributed by atoms with Crippen LogP contribution in [0.3, 0.4) is 0 Å². The second-order valence-corrected chi connectivity index (χ2v) is 4.56. The Kier molecular flexibility index (Phi) is 4.72. The van der Waals surface area contributed by atoms with Gasteiger partial charge in [-0.3, -0.25) is 5.32 Å². The number of benzene rings is 1. The summed E-state index contributed by atoms with van der Waals surface area (Å²) < 4.78 is 46.3. The van der Waals surface area contributed by atoms with Gasteiger partial charge in [0.2, 0.25) is 0 Å². The van der Waals surface area contributed by atoms with Crippen LogP contribution >= 0.6 is 0 Å². The van der Waals surface area contributed by atoms with Crippen molar-refractivity contribution in [3.8, 4) is 0 Å². The molecule has 122 valence electrons. The van der Waals surface area contributed by atoms with E-state index in [0.717, 1.165) is 18.2 Å². The molecule has 0 saturated carbocycles. The molecule has 0 saturated heterocycles. The van der Waals surface area contributed by atoms with Crippen molar-refractivity contribution in [2.24, 2.45) is 10.1 Å². The zero-order valence-corrected chi connectivity index (χ0v) is 11.4. The van der Waals surface area contributed by atoms with Gasteiger partial charge in [-0.1, -0.05) is 5.11 Å². The van der Waals surface area contributed by atoms with Crippen LogP contribution in [0.2, 0.25) is 0 Å². The summed E-state index contributed by atoms with van der Waals surface area (Å²) >= 11 is 0. The van der Waals surface area contributed by atoms with Crippen LogP contribution in [0.15, 0.2) is 28.3 Å². The van der Waals surface area contributed by atoms with Crippen molar-refractivity contribution in [3.05, 3.63) is 40.0 Å².